The Hall–Kier alpha value is -2.33. The number of hydrogen-bond donors (Lipinski definition) is 0. The van der Waals surface area contributed by atoms with Crippen LogP contribution in [-0.2, 0) is 9.22 Å². The number of fused-ring (bicyclic) bond motifs is 3. The minimum absolute atomic E-state index is 0.0134. The predicted molar refractivity (Wildman–Crippen MR) is 113 cm³/mol. The maximum atomic E-state index is 11.7. The Kier molecular flexibility index (Phi) is 5.04. The molecule has 1 aliphatic carbocycles. The number of esters is 1. The Balaban J connectivity index is 2.32. The summed E-state index contributed by atoms with van der Waals surface area (Å²) in [6, 6.07) is 12.2. The molecule has 1 unspecified atom stereocenters. The summed E-state index contributed by atoms with van der Waals surface area (Å²) in [4.78, 5) is 11.7. The monoisotopic (exact) mass is 380 g/mol. The van der Waals surface area contributed by atoms with E-state index in [1.54, 1.807) is 0 Å². The van der Waals surface area contributed by atoms with Crippen molar-refractivity contribution in [1.82, 2.24) is 0 Å². The molecule has 0 aromatic heterocycles. The van der Waals surface area contributed by atoms with Crippen LogP contribution in [0.4, 0.5) is 0 Å². The highest BCUT2D eigenvalue weighted by Gasteiger charge is 2.40. The van der Waals surface area contributed by atoms with Gasteiger partial charge in [-0.25, -0.2) is 0 Å². The van der Waals surface area contributed by atoms with Crippen LogP contribution in [0.2, 0.25) is 13.1 Å². The van der Waals surface area contributed by atoms with Gasteiger partial charge in [0.25, 0.3) is 0 Å². The zero-order chi connectivity index (χ0) is 19.9. The zero-order valence-electron chi connectivity index (χ0n) is 17.1. The molecular weight excluding hydrogens is 352 g/mol. The summed E-state index contributed by atoms with van der Waals surface area (Å²) in [5.74, 6) is 1.18. The van der Waals surface area contributed by atoms with Crippen LogP contribution in [0.5, 0.6) is 5.75 Å². The first-order valence-electron chi connectivity index (χ1n) is 9.41. The van der Waals surface area contributed by atoms with Gasteiger partial charge < -0.3 is 9.16 Å². The fraction of sp³-hybridized carbons (Fsp3) is 0.348. The Bertz CT molecular complexity index is 906. The number of ether oxygens (including phenoxy) is 1. The largest absolute Gasteiger partial charge is 0.547 e. The van der Waals surface area contributed by atoms with Gasteiger partial charge in [-0.1, -0.05) is 51.6 Å². The fourth-order valence-corrected chi connectivity index (χ4v) is 4.74. The summed E-state index contributed by atoms with van der Waals surface area (Å²) in [7, 11) is -1.28. The van der Waals surface area contributed by atoms with Crippen molar-refractivity contribution in [2.75, 3.05) is 0 Å². The second kappa shape index (κ2) is 7.00. The van der Waals surface area contributed by atoms with Crippen molar-refractivity contribution in [3.8, 4) is 16.9 Å². The van der Waals surface area contributed by atoms with Crippen LogP contribution >= 0.6 is 0 Å². The van der Waals surface area contributed by atoms with E-state index in [0.29, 0.717) is 11.5 Å². The molecule has 0 bridgehead atoms. The van der Waals surface area contributed by atoms with Crippen LogP contribution in [0.1, 0.15) is 50.3 Å². The van der Waals surface area contributed by atoms with E-state index >= 15 is 0 Å². The average molecular weight is 381 g/mol. The van der Waals surface area contributed by atoms with E-state index in [1.165, 1.54) is 12.5 Å². The van der Waals surface area contributed by atoms with Crippen molar-refractivity contribution in [3.63, 3.8) is 0 Å². The summed E-state index contributed by atoms with van der Waals surface area (Å²) in [5.41, 5.74) is 5.53. The third-order valence-electron chi connectivity index (χ3n) is 4.84. The maximum Gasteiger partial charge on any atom is 0.308 e. The number of carbonyl (C=O) groups is 1. The fourth-order valence-electron chi connectivity index (χ4n) is 4.04. The van der Waals surface area contributed by atoms with Crippen molar-refractivity contribution in [2.24, 2.45) is 5.41 Å². The average Bonchev–Trinajstić information content (AvgIpc) is 2.89. The molecule has 0 aliphatic heterocycles. The van der Waals surface area contributed by atoms with Crippen LogP contribution < -0.4 is 4.74 Å². The third-order valence-corrected chi connectivity index (χ3v) is 5.59. The third kappa shape index (κ3) is 3.59. The first-order chi connectivity index (χ1) is 12.6. The van der Waals surface area contributed by atoms with E-state index < -0.39 is 9.04 Å². The molecule has 27 heavy (non-hydrogen) atoms. The Morgan fingerprint density at radius 2 is 1.78 bits per heavy atom. The number of benzene rings is 2. The lowest BCUT2D eigenvalue weighted by Crippen LogP contribution is -2.19. The lowest BCUT2D eigenvalue weighted by molar-refractivity contribution is -0.131. The molecule has 0 fully saturated rings. The maximum absolute atomic E-state index is 11.7. The van der Waals surface area contributed by atoms with Crippen LogP contribution in [0.3, 0.4) is 0 Å². The van der Waals surface area contributed by atoms with Crippen LogP contribution in [-0.4, -0.2) is 15.0 Å². The highest BCUT2D eigenvalue weighted by molar-refractivity contribution is 6.49. The van der Waals surface area contributed by atoms with Crippen molar-refractivity contribution in [2.45, 2.75) is 46.7 Å². The molecule has 0 radical (unpaired) electrons. The van der Waals surface area contributed by atoms with E-state index in [1.807, 2.05) is 18.2 Å². The summed E-state index contributed by atoms with van der Waals surface area (Å²) in [6.45, 7) is 16.7. The van der Waals surface area contributed by atoms with E-state index in [2.05, 4.69) is 58.6 Å². The first kappa shape index (κ1) is 19.4. The topological polar surface area (TPSA) is 35.5 Å². The number of carbonyl (C=O) groups excluding carboxylic acids is 1. The molecule has 3 rings (SSSR count). The standard InChI is InChI=1S/C23H28O3Si/c1-14(26-27(6)7)16-12-13-19(25-15(2)24)20-17-10-8-9-11-18(17)22(21(16)20)23(3,4)5/h8-13,22,27H,1H2,2-7H3. The van der Waals surface area contributed by atoms with Crippen molar-refractivity contribution in [1.29, 1.82) is 0 Å². The quantitative estimate of drug-likeness (QED) is 0.294. The van der Waals surface area contributed by atoms with Gasteiger partial charge in [-0.05, 0) is 47.3 Å². The molecule has 0 spiro atoms. The molecule has 0 saturated carbocycles. The highest BCUT2D eigenvalue weighted by Crippen LogP contribution is 2.57. The summed E-state index contributed by atoms with van der Waals surface area (Å²) >= 11 is 0. The normalized spacial score (nSPS) is 15.3. The second-order valence-electron chi connectivity index (χ2n) is 8.47. The molecule has 0 heterocycles. The van der Waals surface area contributed by atoms with E-state index in [9.17, 15) is 4.79 Å². The molecule has 2 aromatic carbocycles. The predicted octanol–water partition coefficient (Wildman–Crippen LogP) is 5.74. The molecule has 3 nitrogen and oxygen atoms in total. The van der Waals surface area contributed by atoms with Gasteiger partial charge in [0.2, 0.25) is 9.04 Å². The van der Waals surface area contributed by atoms with Crippen molar-refractivity contribution in [3.05, 3.63) is 59.7 Å². The van der Waals surface area contributed by atoms with Gasteiger partial charge in [0.1, 0.15) is 11.5 Å². The minimum Gasteiger partial charge on any atom is -0.547 e. The molecule has 0 saturated heterocycles. The van der Waals surface area contributed by atoms with Crippen LogP contribution in [0.25, 0.3) is 16.9 Å². The molecule has 1 aliphatic rings. The molecule has 2 aromatic rings. The Morgan fingerprint density at radius 3 is 2.37 bits per heavy atom. The number of rotatable bonds is 4. The number of hydrogen-bond acceptors (Lipinski definition) is 3. The highest BCUT2D eigenvalue weighted by atomic mass is 28.3. The van der Waals surface area contributed by atoms with Crippen LogP contribution in [0, 0.1) is 5.41 Å². The molecule has 1 atom stereocenters. The molecule has 0 amide bonds. The molecule has 0 N–H and O–H groups in total. The summed E-state index contributed by atoms with van der Waals surface area (Å²) < 4.78 is 11.7. The molecule has 142 valence electrons. The lowest BCUT2D eigenvalue weighted by atomic mass is 9.74. The molecule has 4 heteroatoms. The summed E-state index contributed by atoms with van der Waals surface area (Å²) in [5, 5.41) is 0. The Labute approximate surface area is 163 Å². The summed E-state index contributed by atoms with van der Waals surface area (Å²) in [6.07, 6.45) is 0. The van der Waals surface area contributed by atoms with Gasteiger partial charge in [0.15, 0.2) is 0 Å². The van der Waals surface area contributed by atoms with Gasteiger partial charge in [0.05, 0.1) is 0 Å². The Morgan fingerprint density at radius 1 is 1.11 bits per heavy atom. The van der Waals surface area contributed by atoms with Gasteiger partial charge in [0, 0.05) is 24.0 Å². The van der Waals surface area contributed by atoms with Crippen molar-refractivity contribution < 1.29 is 14.0 Å². The van der Waals surface area contributed by atoms with Gasteiger partial charge in [-0.3, -0.25) is 4.79 Å². The lowest BCUT2D eigenvalue weighted by Gasteiger charge is -2.31. The first-order valence-corrected chi connectivity index (χ1v) is 12.2. The van der Waals surface area contributed by atoms with Crippen molar-refractivity contribution >= 4 is 20.8 Å². The van der Waals surface area contributed by atoms with Gasteiger partial charge in [-0.15, -0.1) is 0 Å². The van der Waals surface area contributed by atoms with Gasteiger partial charge in [-0.2, -0.15) is 0 Å². The van der Waals surface area contributed by atoms with Crippen LogP contribution in [0.15, 0.2) is 43.0 Å². The zero-order valence-corrected chi connectivity index (χ0v) is 18.2. The molecular formula is C23H28O3Si. The van der Waals surface area contributed by atoms with E-state index in [0.717, 1.165) is 22.3 Å². The minimum atomic E-state index is -1.28. The van der Waals surface area contributed by atoms with E-state index in [-0.39, 0.29) is 17.3 Å². The smallest absolute Gasteiger partial charge is 0.308 e. The van der Waals surface area contributed by atoms with E-state index in [4.69, 9.17) is 9.16 Å². The SMILES string of the molecule is C=C(O[SiH](C)C)c1ccc(OC(C)=O)c2c1C(C(C)(C)C)c1ccccc1-2. The second-order valence-corrected chi connectivity index (χ2v) is 10.8. The van der Waals surface area contributed by atoms with Gasteiger partial charge >= 0.3 is 5.97 Å².